The smallest absolute Gasteiger partial charge is 0.324 e. The maximum Gasteiger partial charge on any atom is 0.339 e. The van der Waals surface area contributed by atoms with Crippen molar-refractivity contribution < 1.29 is 28.7 Å². The Balaban J connectivity index is 3.57. The molecule has 206 valence electrons. The van der Waals surface area contributed by atoms with E-state index in [-0.39, 0.29) is 6.54 Å². The molecule has 34 heavy (non-hydrogen) atoms. The van der Waals surface area contributed by atoms with E-state index in [1.165, 1.54) is 101 Å². The zero-order valence-electron chi connectivity index (χ0n) is 22.0. The van der Waals surface area contributed by atoms with Crippen LogP contribution in [0.4, 0.5) is 0 Å². The van der Waals surface area contributed by atoms with Crippen LogP contribution in [0, 0.1) is 0 Å². The Hall–Kier alpha value is 0.220. The molecule has 0 aliphatic rings. The van der Waals surface area contributed by atoms with Crippen LogP contribution in [-0.2, 0) is 9.13 Å². The molecule has 0 spiro atoms. The lowest BCUT2D eigenvalue weighted by atomic mass is 10.0. The Morgan fingerprint density at radius 2 is 0.824 bits per heavy atom. The van der Waals surface area contributed by atoms with Gasteiger partial charge in [-0.2, -0.15) is 0 Å². The van der Waals surface area contributed by atoms with Gasteiger partial charge in [0.25, 0.3) is 0 Å². The molecule has 0 aliphatic heterocycles. The molecule has 10 heteroatoms. The molecule has 0 heterocycles. The molecule has 0 saturated heterocycles. The van der Waals surface area contributed by atoms with E-state index in [0.29, 0.717) is 6.42 Å². The van der Waals surface area contributed by atoms with Crippen molar-refractivity contribution >= 4 is 15.2 Å². The van der Waals surface area contributed by atoms with Crippen molar-refractivity contribution in [3.63, 3.8) is 0 Å². The van der Waals surface area contributed by atoms with Gasteiger partial charge >= 0.3 is 15.2 Å². The van der Waals surface area contributed by atoms with Gasteiger partial charge in [-0.1, -0.05) is 103 Å². The summed E-state index contributed by atoms with van der Waals surface area (Å²) >= 11 is 0. The van der Waals surface area contributed by atoms with E-state index in [1.807, 2.05) is 7.05 Å². The Labute approximate surface area is 209 Å². The zero-order valence-corrected chi connectivity index (χ0v) is 23.7. The van der Waals surface area contributed by atoms with Gasteiger partial charge in [0.2, 0.25) is 0 Å². The van der Waals surface area contributed by atoms with Crippen molar-refractivity contribution in [2.45, 2.75) is 116 Å². The summed E-state index contributed by atoms with van der Waals surface area (Å²) in [5.41, 5.74) is 0. The molecule has 0 rings (SSSR count). The lowest BCUT2D eigenvalue weighted by Gasteiger charge is -2.24. The summed E-state index contributed by atoms with van der Waals surface area (Å²) in [6, 6.07) is 0. The van der Waals surface area contributed by atoms with E-state index in [2.05, 4.69) is 11.8 Å². The molecule has 0 radical (unpaired) electrons. The van der Waals surface area contributed by atoms with Crippen molar-refractivity contribution in [2.24, 2.45) is 0 Å². The van der Waals surface area contributed by atoms with Gasteiger partial charge in [0.15, 0.2) is 0 Å². The van der Waals surface area contributed by atoms with Gasteiger partial charge in [0.1, 0.15) is 12.6 Å². The molecule has 0 saturated carbocycles. The summed E-state index contributed by atoms with van der Waals surface area (Å²) in [6.45, 7) is 4.22. The molecule has 4 N–H and O–H groups in total. The standard InChI is InChI=1S/C24H54N2O6P2/c1-3-4-5-6-7-8-9-10-11-12-13-14-15-16-17-18-20-25(2)21-19-22-26(23-33(27,28)29)24-34(30,31)32/h3-24H2,1-2H3,(H2,27,28,29)(H2,30,31,32). The predicted molar refractivity (Wildman–Crippen MR) is 142 cm³/mol. The van der Waals surface area contributed by atoms with E-state index in [4.69, 9.17) is 19.6 Å². The van der Waals surface area contributed by atoms with Gasteiger partial charge in [0, 0.05) is 6.54 Å². The average molecular weight is 529 g/mol. The molecule has 0 fully saturated rings. The van der Waals surface area contributed by atoms with Crippen LogP contribution in [0.2, 0.25) is 0 Å². The topological polar surface area (TPSA) is 122 Å². The van der Waals surface area contributed by atoms with Gasteiger partial charge < -0.3 is 24.5 Å². The molecule has 0 bridgehead atoms. The quantitative estimate of drug-likeness (QED) is 0.0823. The lowest BCUT2D eigenvalue weighted by Crippen LogP contribution is -2.30. The fourth-order valence-corrected chi connectivity index (χ4v) is 6.00. The van der Waals surface area contributed by atoms with E-state index in [9.17, 15) is 9.13 Å². The normalized spacial score (nSPS) is 12.8. The van der Waals surface area contributed by atoms with E-state index >= 15 is 0 Å². The minimum absolute atomic E-state index is 0.250. The Morgan fingerprint density at radius 3 is 1.18 bits per heavy atom. The average Bonchev–Trinajstić information content (AvgIpc) is 2.71. The molecule has 0 unspecified atom stereocenters. The Kier molecular flexibility index (Phi) is 21.5. The highest BCUT2D eigenvalue weighted by molar-refractivity contribution is 7.52. The lowest BCUT2D eigenvalue weighted by molar-refractivity contribution is 0.254. The highest BCUT2D eigenvalue weighted by atomic mass is 31.2. The SMILES string of the molecule is CCCCCCCCCCCCCCCCCCN(C)CCCN(CP(=O)(O)O)CP(=O)(O)O. The molecule has 0 aromatic heterocycles. The molecular weight excluding hydrogens is 474 g/mol. The Bertz CT molecular complexity index is 532. The number of hydrogen-bond donors (Lipinski definition) is 4. The largest absolute Gasteiger partial charge is 0.339 e. The van der Waals surface area contributed by atoms with Crippen LogP contribution in [-0.4, -0.2) is 68.6 Å². The minimum Gasteiger partial charge on any atom is -0.324 e. The van der Waals surface area contributed by atoms with Crippen LogP contribution in [0.15, 0.2) is 0 Å². The summed E-state index contributed by atoms with van der Waals surface area (Å²) in [4.78, 5) is 39.8. The van der Waals surface area contributed by atoms with Crippen molar-refractivity contribution in [3.05, 3.63) is 0 Å². The maximum atomic E-state index is 11.2. The summed E-state index contributed by atoms with van der Waals surface area (Å²) < 4.78 is 22.4. The van der Waals surface area contributed by atoms with E-state index in [0.717, 1.165) is 19.5 Å². The minimum atomic E-state index is -4.35. The van der Waals surface area contributed by atoms with Crippen molar-refractivity contribution in [1.29, 1.82) is 0 Å². The highest BCUT2D eigenvalue weighted by Crippen LogP contribution is 2.40. The monoisotopic (exact) mass is 528 g/mol. The predicted octanol–water partition coefficient (Wildman–Crippen LogP) is 6.14. The van der Waals surface area contributed by atoms with Crippen LogP contribution >= 0.6 is 15.2 Å². The molecular formula is C24H54N2O6P2. The molecule has 0 atom stereocenters. The first-order valence-electron chi connectivity index (χ1n) is 13.5. The van der Waals surface area contributed by atoms with Crippen LogP contribution in [0.25, 0.3) is 0 Å². The number of rotatable bonds is 25. The summed E-state index contributed by atoms with van der Waals surface area (Å²) in [7, 11) is -6.69. The summed E-state index contributed by atoms with van der Waals surface area (Å²) in [5.74, 6) is 0. The van der Waals surface area contributed by atoms with Crippen molar-refractivity contribution in [1.82, 2.24) is 9.80 Å². The van der Waals surface area contributed by atoms with E-state index < -0.39 is 27.8 Å². The summed E-state index contributed by atoms with van der Waals surface area (Å²) in [5, 5.41) is 0. The number of unbranched alkanes of at least 4 members (excludes halogenated alkanes) is 15. The number of nitrogens with zero attached hydrogens (tertiary/aromatic N) is 2. The van der Waals surface area contributed by atoms with E-state index in [1.54, 1.807) is 0 Å². The Morgan fingerprint density at radius 1 is 0.500 bits per heavy atom. The second kappa shape index (κ2) is 21.3. The third kappa shape index (κ3) is 26.8. The molecule has 0 aromatic rings. The van der Waals surface area contributed by atoms with Gasteiger partial charge in [-0.05, 0) is 33.0 Å². The van der Waals surface area contributed by atoms with Gasteiger partial charge in [-0.25, -0.2) is 0 Å². The van der Waals surface area contributed by atoms with Crippen molar-refractivity contribution in [2.75, 3.05) is 39.3 Å². The van der Waals surface area contributed by atoms with Crippen LogP contribution in [0.5, 0.6) is 0 Å². The molecule has 0 aliphatic carbocycles. The highest BCUT2D eigenvalue weighted by Gasteiger charge is 2.25. The first-order chi connectivity index (χ1) is 16.0. The summed E-state index contributed by atoms with van der Waals surface area (Å²) in [6.07, 6.45) is 20.9. The molecule has 0 amide bonds. The number of hydrogen-bond acceptors (Lipinski definition) is 4. The third-order valence-electron chi connectivity index (χ3n) is 6.18. The van der Waals surface area contributed by atoms with Crippen LogP contribution in [0.3, 0.4) is 0 Å². The van der Waals surface area contributed by atoms with Crippen LogP contribution < -0.4 is 0 Å². The van der Waals surface area contributed by atoms with Crippen LogP contribution in [0.1, 0.15) is 116 Å². The first kappa shape index (κ1) is 34.2. The van der Waals surface area contributed by atoms with Gasteiger partial charge in [-0.3, -0.25) is 14.0 Å². The fraction of sp³-hybridized carbons (Fsp3) is 1.00. The van der Waals surface area contributed by atoms with Crippen molar-refractivity contribution in [3.8, 4) is 0 Å². The molecule has 8 nitrogen and oxygen atoms in total. The zero-order chi connectivity index (χ0) is 25.7. The maximum absolute atomic E-state index is 11.2. The second-order valence-electron chi connectivity index (χ2n) is 9.97. The third-order valence-corrected chi connectivity index (χ3v) is 7.71. The second-order valence-corrected chi connectivity index (χ2v) is 13.2. The van der Waals surface area contributed by atoms with Gasteiger partial charge in [0.05, 0.1) is 0 Å². The molecule has 0 aromatic carbocycles. The fourth-order valence-electron chi connectivity index (χ4n) is 4.31. The van der Waals surface area contributed by atoms with Gasteiger partial charge in [-0.15, -0.1) is 0 Å². The first-order valence-corrected chi connectivity index (χ1v) is 17.1.